The third kappa shape index (κ3) is 4.16. The second-order valence-electron chi connectivity index (χ2n) is 6.49. The van der Waals surface area contributed by atoms with Crippen LogP contribution in [0, 0.1) is 5.92 Å². The molecule has 1 N–H and O–H groups in total. The van der Waals surface area contributed by atoms with Crippen LogP contribution in [0.2, 0.25) is 0 Å². The van der Waals surface area contributed by atoms with Crippen LogP contribution in [0.3, 0.4) is 0 Å². The molecular weight excluding hydrogens is 371 g/mol. The standard InChI is InChI=1S/C16H20F3N3O3S/c17-16(18,19)13-11(7-20-21-13)5-6-25-15(24)12-8-26-9-22(12)14(23)10-3-1-2-4-10/h7,10,12H,1-6,8-9H2,(H,20,21)/t12-/m1/s1. The molecule has 1 saturated heterocycles. The van der Waals surface area contributed by atoms with Gasteiger partial charge in [-0.3, -0.25) is 9.89 Å². The molecule has 0 unspecified atom stereocenters. The second-order valence-corrected chi connectivity index (χ2v) is 7.49. The van der Waals surface area contributed by atoms with Crippen LogP contribution in [-0.2, 0) is 26.9 Å². The zero-order valence-electron chi connectivity index (χ0n) is 14.1. The van der Waals surface area contributed by atoms with Crippen molar-refractivity contribution in [3.63, 3.8) is 0 Å². The van der Waals surface area contributed by atoms with Gasteiger partial charge in [-0.15, -0.1) is 11.8 Å². The van der Waals surface area contributed by atoms with E-state index in [2.05, 4.69) is 5.10 Å². The Kier molecular flexibility index (Phi) is 5.79. The molecule has 2 fully saturated rings. The number of aromatic nitrogens is 2. The van der Waals surface area contributed by atoms with Crippen LogP contribution in [0.25, 0.3) is 0 Å². The Balaban J connectivity index is 1.53. The van der Waals surface area contributed by atoms with E-state index in [4.69, 9.17) is 4.74 Å². The number of amides is 1. The lowest BCUT2D eigenvalue weighted by Crippen LogP contribution is -2.45. The third-order valence-corrected chi connectivity index (χ3v) is 5.77. The molecule has 1 saturated carbocycles. The molecule has 1 aliphatic heterocycles. The lowest BCUT2D eigenvalue weighted by atomic mass is 10.1. The first kappa shape index (κ1) is 19.1. The average Bonchev–Trinajstić information content (AvgIpc) is 3.32. The quantitative estimate of drug-likeness (QED) is 0.781. The number of esters is 1. The largest absolute Gasteiger partial charge is 0.464 e. The Morgan fingerprint density at radius 1 is 1.35 bits per heavy atom. The molecule has 1 aliphatic carbocycles. The van der Waals surface area contributed by atoms with Gasteiger partial charge in [-0.2, -0.15) is 18.3 Å². The zero-order chi connectivity index (χ0) is 18.7. The number of ether oxygens (including phenoxy) is 1. The van der Waals surface area contributed by atoms with Gasteiger partial charge in [0, 0.05) is 23.7 Å². The molecule has 0 bridgehead atoms. The van der Waals surface area contributed by atoms with Crippen LogP contribution in [0.5, 0.6) is 0 Å². The van der Waals surface area contributed by atoms with E-state index in [0.29, 0.717) is 11.6 Å². The minimum Gasteiger partial charge on any atom is -0.464 e. The molecule has 1 aromatic rings. The number of nitrogens with zero attached hydrogens (tertiary/aromatic N) is 2. The Labute approximate surface area is 152 Å². The number of thioether (sulfide) groups is 1. The summed E-state index contributed by atoms with van der Waals surface area (Å²) in [6.07, 6.45) is 0.219. The van der Waals surface area contributed by atoms with Crippen molar-refractivity contribution >= 4 is 23.6 Å². The van der Waals surface area contributed by atoms with E-state index in [1.165, 1.54) is 11.8 Å². The van der Waals surface area contributed by atoms with E-state index >= 15 is 0 Å². The van der Waals surface area contributed by atoms with Crippen molar-refractivity contribution in [2.24, 2.45) is 5.92 Å². The first-order valence-electron chi connectivity index (χ1n) is 8.52. The summed E-state index contributed by atoms with van der Waals surface area (Å²) in [6.45, 7) is -0.186. The summed E-state index contributed by atoms with van der Waals surface area (Å²) in [5, 5.41) is 5.32. The van der Waals surface area contributed by atoms with E-state index < -0.39 is 23.9 Å². The summed E-state index contributed by atoms with van der Waals surface area (Å²) >= 11 is 1.48. The Morgan fingerprint density at radius 3 is 2.77 bits per heavy atom. The van der Waals surface area contributed by atoms with E-state index in [9.17, 15) is 22.8 Å². The molecule has 1 atom stereocenters. The predicted octanol–water partition coefficient (Wildman–Crippen LogP) is 2.61. The molecule has 2 aliphatic rings. The second kappa shape index (κ2) is 7.89. The van der Waals surface area contributed by atoms with Crippen LogP contribution in [0.15, 0.2) is 6.20 Å². The highest BCUT2D eigenvalue weighted by atomic mass is 32.2. The number of alkyl halides is 3. The van der Waals surface area contributed by atoms with E-state index in [0.717, 1.165) is 31.9 Å². The number of carbonyl (C=O) groups is 2. The molecular formula is C16H20F3N3O3S. The van der Waals surface area contributed by atoms with Gasteiger partial charge in [0.1, 0.15) is 11.7 Å². The number of hydrogen-bond acceptors (Lipinski definition) is 5. The summed E-state index contributed by atoms with van der Waals surface area (Å²) in [5.41, 5.74) is -0.979. The van der Waals surface area contributed by atoms with Gasteiger partial charge in [0.25, 0.3) is 0 Å². The van der Waals surface area contributed by atoms with Gasteiger partial charge in [0.05, 0.1) is 18.7 Å². The zero-order valence-corrected chi connectivity index (χ0v) is 14.9. The molecule has 3 rings (SSSR count). The van der Waals surface area contributed by atoms with E-state index in [1.54, 1.807) is 4.90 Å². The fraction of sp³-hybridized carbons (Fsp3) is 0.688. The molecule has 10 heteroatoms. The number of carbonyl (C=O) groups excluding carboxylic acids is 2. The fourth-order valence-electron chi connectivity index (χ4n) is 3.37. The summed E-state index contributed by atoms with van der Waals surface area (Å²) in [5.74, 6) is 0.317. The van der Waals surface area contributed by atoms with Gasteiger partial charge in [-0.1, -0.05) is 12.8 Å². The van der Waals surface area contributed by atoms with Crippen LogP contribution >= 0.6 is 11.8 Å². The molecule has 0 radical (unpaired) electrons. The van der Waals surface area contributed by atoms with Gasteiger partial charge >= 0.3 is 12.1 Å². The summed E-state index contributed by atoms with van der Waals surface area (Å²) < 4.78 is 43.5. The lowest BCUT2D eigenvalue weighted by Gasteiger charge is -2.25. The highest BCUT2D eigenvalue weighted by Gasteiger charge is 2.39. The number of nitrogens with one attached hydrogen (secondary N) is 1. The van der Waals surface area contributed by atoms with E-state index in [-0.39, 0.29) is 30.4 Å². The smallest absolute Gasteiger partial charge is 0.433 e. The fourth-order valence-corrected chi connectivity index (χ4v) is 4.51. The van der Waals surface area contributed by atoms with Crippen molar-refractivity contribution in [3.05, 3.63) is 17.5 Å². The van der Waals surface area contributed by atoms with Crippen molar-refractivity contribution in [1.82, 2.24) is 15.1 Å². The minimum absolute atomic E-state index is 0.0105. The summed E-state index contributed by atoms with van der Waals surface area (Å²) in [7, 11) is 0. The van der Waals surface area contributed by atoms with Gasteiger partial charge < -0.3 is 9.64 Å². The maximum atomic E-state index is 12.8. The van der Waals surface area contributed by atoms with Gasteiger partial charge in [0.15, 0.2) is 0 Å². The number of hydrogen-bond donors (Lipinski definition) is 1. The summed E-state index contributed by atoms with van der Waals surface area (Å²) in [4.78, 5) is 26.4. The monoisotopic (exact) mass is 391 g/mol. The molecule has 26 heavy (non-hydrogen) atoms. The molecule has 6 nitrogen and oxygen atoms in total. The topological polar surface area (TPSA) is 75.3 Å². The van der Waals surface area contributed by atoms with Crippen LogP contribution in [0.4, 0.5) is 13.2 Å². The molecule has 0 spiro atoms. The maximum Gasteiger partial charge on any atom is 0.433 e. The van der Waals surface area contributed by atoms with Crippen molar-refractivity contribution in [3.8, 4) is 0 Å². The molecule has 144 valence electrons. The van der Waals surface area contributed by atoms with Gasteiger partial charge in [-0.25, -0.2) is 4.79 Å². The highest BCUT2D eigenvalue weighted by Crippen LogP contribution is 2.32. The Morgan fingerprint density at radius 2 is 2.08 bits per heavy atom. The van der Waals surface area contributed by atoms with Gasteiger partial charge in [-0.05, 0) is 12.8 Å². The lowest BCUT2D eigenvalue weighted by molar-refractivity contribution is -0.154. The number of rotatable bonds is 5. The minimum atomic E-state index is -4.53. The number of halogens is 3. The first-order valence-corrected chi connectivity index (χ1v) is 9.67. The number of H-pyrrole nitrogens is 1. The average molecular weight is 391 g/mol. The molecule has 1 aromatic heterocycles. The van der Waals surface area contributed by atoms with E-state index in [1.807, 2.05) is 5.10 Å². The maximum absolute atomic E-state index is 12.8. The highest BCUT2D eigenvalue weighted by molar-refractivity contribution is 7.99. The van der Waals surface area contributed by atoms with Crippen LogP contribution in [0.1, 0.15) is 36.9 Å². The van der Waals surface area contributed by atoms with Crippen molar-refractivity contribution in [2.75, 3.05) is 18.2 Å². The third-order valence-electron chi connectivity index (χ3n) is 4.76. The first-order chi connectivity index (χ1) is 12.4. The number of aromatic amines is 1. The van der Waals surface area contributed by atoms with Crippen LogP contribution < -0.4 is 0 Å². The predicted molar refractivity (Wildman–Crippen MR) is 88.2 cm³/mol. The normalized spacial score (nSPS) is 21.3. The molecule has 1 amide bonds. The van der Waals surface area contributed by atoms with Gasteiger partial charge in [0.2, 0.25) is 5.91 Å². The Bertz CT molecular complexity index is 659. The summed E-state index contributed by atoms with van der Waals surface area (Å²) in [6, 6.07) is -0.653. The molecule has 2 heterocycles. The van der Waals surface area contributed by atoms with Crippen molar-refractivity contribution in [1.29, 1.82) is 0 Å². The SMILES string of the molecule is O=C(OCCc1cn[nH]c1C(F)(F)F)[C@H]1CSCN1C(=O)C1CCCC1. The van der Waals surface area contributed by atoms with Crippen LogP contribution in [-0.4, -0.2) is 51.3 Å². The molecule has 0 aromatic carbocycles. The Hall–Kier alpha value is -1.71. The van der Waals surface area contributed by atoms with Crippen molar-refractivity contribution in [2.45, 2.75) is 44.3 Å². The van der Waals surface area contributed by atoms with Crippen molar-refractivity contribution < 1.29 is 27.5 Å².